The molecule has 0 bridgehead atoms. The summed E-state index contributed by atoms with van der Waals surface area (Å²) in [6.45, 7) is 3.90. The van der Waals surface area contributed by atoms with Crippen LogP contribution in [-0.2, 0) is 0 Å². The van der Waals surface area contributed by atoms with Gasteiger partial charge in [0.15, 0.2) is 11.6 Å². The molecule has 3 N–H and O–H groups in total. The smallest absolute Gasteiger partial charge is 0.181 e. The van der Waals surface area contributed by atoms with Crippen LogP contribution in [0.5, 0.6) is 0 Å². The Bertz CT molecular complexity index is 688. The van der Waals surface area contributed by atoms with E-state index in [1.165, 1.54) is 0 Å². The zero-order chi connectivity index (χ0) is 17.5. The van der Waals surface area contributed by atoms with Crippen molar-refractivity contribution in [3.05, 3.63) is 47.8 Å². The third-order valence-corrected chi connectivity index (χ3v) is 3.74. The molecule has 0 aliphatic rings. The number of pyridine rings is 1. The maximum atomic E-state index is 12.3. The third kappa shape index (κ3) is 4.26. The maximum absolute atomic E-state index is 12.3. The van der Waals surface area contributed by atoms with Crippen LogP contribution < -0.4 is 11.3 Å². The molecule has 1 heterocycles. The summed E-state index contributed by atoms with van der Waals surface area (Å²) >= 11 is 0. The van der Waals surface area contributed by atoms with Crippen LogP contribution >= 0.6 is 0 Å². The fourth-order valence-electron chi connectivity index (χ4n) is 2.45. The third-order valence-electron chi connectivity index (χ3n) is 3.74. The molecule has 0 spiro atoms. The molecule has 2 rings (SSSR count). The van der Waals surface area contributed by atoms with Crippen LogP contribution in [0.1, 0.15) is 60.5 Å². The van der Waals surface area contributed by atoms with E-state index >= 15 is 0 Å². The zero-order valence-corrected chi connectivity index (χ0v) is 14.1. The lowest BCUT2D eigenvalue weighted by molar-refractivity contribution is 0.0973. The van der Waals surface area contributed by atoms with Gasteiger partial charge in [0, 0.05) is 18.5 Å². The molecule has 0 saturated heterocycles. The Hall–Kier alpha value is -2.53. The first-order chi connectivity index (χ1) is 11.6. The number of nitrogens with two attached hydrogens (primary N) is 1. The number of anilines is 1. The van der Waals surface area contributed by atoms with Gasteiger partial charge in [-0.05, 0) is 48.2 Å². The van der Waals surface area contributed by atoms with Crippen molar-refractivity contribution < 1.29 is 9.59 Å². The quantitative estimate of drug-likeness (QED) is 0.435. The fraction of sp³-hybridized carbons (Fsp3) is 0.316. The minimum atomic E-state index is -0.0369. The average Bonchev–Trinajstić information content (AvgIpc) is 2.62. The molecule has 0 atom stereocenters. The number of hydrogen-bond acceptors (Lipinski definition) is 5. The van der Waals surface area contributed by atoms with Crippen LogP contribution in [0.15, 0.2) is 36.4 Å². The van der Waals surface area contributed by atoms with Crippen molar-refractivity contribution in [1.29, 1.82) is 0 Å². The number of carbonyl (C=O) groups excluding carboxylic acids is 2. The van der Waals surface area contributed by atoms with Gasteiger partial charge in [-0.1, -0.05) is 26.0 Å². The van der Waals surface area contributed by atoms with E-state index in [1.54, 1.807) is 12.1 Å². The first-order valence-corrected chi connectivity index (χ1v) is 8.24. The van der Waals surface area contributed by atoms with Gasteiger partial charge < -0.3 is 5.43 Å². The summed E-state index contributed by atoms with van der Waals surface area (Å²) in [5.41, 5.74) is 5.80. The number of aromatic nitrogens is 1. The normalized spacial score (nSPS) is 10.5. The number of rotatable bonds is 8. The second-order valence-corrected chi connectivity index (χ2v) is 5.69. The first kappa shape index (κ1) is 17.8. The summed E-state index contributed by atoms with van der Waals surface area (Å²) in [5, 5.41) is 0. The summed E-state index contributed by atoms with van der Waals surface area (Å²) in [5.74, 6) is 5.31. The summed E-state index contributed by atoms with van der Waals surface area (Å²) in [7, 11) is 0. The number of hydrogen-bond donors (Lipinski definition) is 2. The molecule has 24 heavy (non-hydrogen) atoms. The van der Waals surface area contributed by atoms with Gasteiger partial charge in [-0.3, -0.25) is 15.4 Å². The highest BCUT2D eigenvalue weighted by Gasteiger charge is 2.15. The molecule has 0 amide bonds. The average molecular weight is 325 g/mol. The van der Waals surface area contributed by atoms with E-state index in [0.717, 1.165) is 29.7 Å². The Morgan fingerprint density at radius 2 is 1.42 bits per heavy atom. The van der Waals surface area contributed by atoms with Gasteiger partial charge >= 0.3 is 0 Å². The molecule has 126 valence electrons. The minimum Gasteiger partial charge on any atom is -0.324 e. The SMILES string of the molecule is CCCC(=O)c1cc(-c2ccc(NN)cc2)cc(C(=O)CCC)n1. The second kappa shape index (κ2) is 8.36. The predicted molar refractivity (Wildman–Crippen MR) is 96.0 cm³/mol. The van der Waals surface area contributed by atoms with E-state index in [1.807, 2.05) is 38.1 Å². The summed E-state index contributed by atoms with van der Waals surface area (Å²) in [4.78, 5) is 28.8. The molecule has 1 aromatic carbocycles. The maximum Gasteiger partial charge on any atom is 0.181 e. The number of benzene rings is 1. The van der Waals surface area contributed by atoms with Crippen molar-refractivity contribution in [3.63, 3.8) is 0 Å². The van der Waals surface area contributed by atoms with Gasteiger partial charge in [-0.25, -0.2) is 4.98 Å². The van der Waals surface area contributed by atoms with Crippen LogP contribution in [0.25, 0.3) is 11.1 Å². The number of Topliss-reactive ketones (excluding diaryl/α,β-unsaturated/α-hetero) is 2. The molecule has 0 aliphatic heterocycles. The van der Waals surface area contributed by atoms with Gasteiger partial charge in [-0.15, -0.1) is 0 Å². The second-order valence-electron chi connectivity index (χ2n) is 5.69. The van der Waals surface area contributed by atoms with Crippen molar-refractivity contribution in [3.8, 4) is 11.1 Å². The van der Waals surface area contributed by atoms with E-state index in [4.69, 9.17) is 5.84 Å². The molecule has 0 saturated carbocycles. The Morgan fingerprint density at radius 3 is 1.83 bits per heavy atom. The highest BCUT2D eigenvalue weighted by molar-refractivity contribution is 5.99. The van der Waals surface area contributed by atoms with Crippen LogP contribution in [-0.4, -0.2) is 16.6 Å². The van der Waals surface area contributed by atoms with Crippen molar-refractivity contribution >= 4 is 17.3 Å². The Labute approximate surface area is 142 Å². The molecular formula is C19H23N3O2. The van der Waals surface area contributed by atoms with Gasteiger partial charge in [0.1, 0.15) is 11.4 Å². The number of nitrogens with zero attached hydrogens (tertiary/aromatic N) is 1. The van der Waals surface area contributed by atoms with Crippen LogP contribution in [0.3, 0.4) is 0 Å². The lowest BCUT2D eigenvalue weighted by Crippen LogP contribution is -2.09. The van der Waals surface area contributed by atoms with Crippen molar-refractivity contribution in [2.45, 2.75) is 39.5 Å². The van der Waals surface area contributed by atoms with Crippen LogP contribution in [0.2, 0.25) is 0 Å². The number of nitrogens with one attached hydrogen (secondary N) is 1. The van der Waals surface area contributed by atoms with Crippen LogP contribution in [0, 0.1) is 0 Å². The molecule has 5 nitrogen and oxygen atoms in total. The van der Waals surface area contributed by atoms with Crippen molar-refractivity contribution in [1.82, 2.24) is 4.98 Å². The standard InChI is InChI=1S/C19H23N3O2/c1-3-5-18(23)16-11-14(12-17(21-16)19(24)6-4-2)13-7-9-15(22-20)10-8-13/h7-12,22H,3-6,20H2,1-2H3. The number of ketones is 2. The largest absolute Gasteiger partial charge is 0.324 e. The molecule has 0 fully saturated rings. The van der Waals surface area contributed by atoms with Gasteiger partial charge in [0.05, 0.1) is 0 Å². The number of hydrazine groups is 1. The predicted octanol–water partition coefficient (Wildman–Crippen LogP) is 4.00. The summed E-state index contributed by atoms with van der Waals surface area (Å²) in [6, 6.07) is 11.0. The number of carbonyl (C=O) groups is 2. The Balaban J connectivity index is 2.48. The molecule has 0 unspecified atom stereocenters. The van der Waals surface area contributed by atoms with E-state index in [-0.39, 0.29) is 11.6 Å². The van der Waals surface area contributed by atoms with E-state index in [0.29, 0.717) is 24.2 Å². The molecular weight excluding hydrogens is 302 g/mol. The number of nitrogen functional groups attached to an aromatic ring is 1. The minimum absolute atomic E-state index is 0.0369. The highest BCUT2D eigenvalue weighted by Crippen LogP contribution is 2.24. The zero-order valence-electron chi connectivity index (χ0n) is 14.1. The summed E-state index contributed by atoms with van der Waals surface area (Å²) < 4.78 is 0. The van der Waals surface area contributed by atoms with E-state index in [2.05, 4.69) is 10.4 Å². The molecule has 0 aliphatic carbocycles. The van der Waals surface area contributed by atoms with Crippen molar-refractivity contribution in [2.24, 2.45) is 5.84 Å². The fourth-order valence-corrected chi connectivity index (χ4v) is 2.45. The summed E-state index contributed by atoms with van der Waals surface area (Å²) in [6.07, 6.45) is 2.35. The van der Waals surface area contributed by atoms with Crippen molar-refractivity contribution in [2.75, 3.05) is 5.43 Å². The molecule has 0 radical (unpaired) electrons. The topological polar surface area (TPSA) is 85.1 Å². The van der Waals surface area contributed by atoms with Gasteiger partial charge in [-0.2, -0.15) is 0 Å². The lowest BCUT2D eigenvalue weighted by Gasteiger charge is -2.09. The molecule has 1 aromatic heterocycles. The van der Waals surface area contributed by atoms with E-state index in [9.17, 15) is 9.59 Å². The van der Waals surface area contributed by atoms with Crippen LogP contribution in [0.4, 0.5) is 5.69 Å². The molecule has 2 aromatic rings. The highest BCUT2D eigenvalue weighted by atomic mass is 16.1. The lowest BCUT2D eigenvalue weighted by atomic mass is 10.0. The first-order valence-electron chi connectivity index (χ1n) is 8.24. The molecule has 5 heteroatoms. The monoisotopic (exact) mass is 325 g/mol. The Kier molecular flexibility index (Phi) is 6.21. The Morgan fingerprint density at radius 1 is 0.917 bits per heavy atom. The van der Waals surface area contributed by atoms with Gasteiger partial charge in [0.2, 0.25) is 0 Å². The van der Waals surface area contributed by atoms with Gasteiger partial charge in [0.25, 0.3) is 0 Å². The van der Waals surface area contributed by atoms with E-state index < -0.39 is 0 Å².